The molecule has 1 amide bonds. The van der Waals surface area contributed by atoms with Crippen LogP contribution >= 0.6 is 0 Å². The van der Waals surface area contributed by atoms with Gasteiger partial charge in [-0.05, 0) is 86.9 Å². The van der Waals surface area contributed by atoms with Gasteiger partial charge in [0.1, 0.15) is 11.7 Å². The molecule has 0 saturated heterocycles. The van der Waals surface area contributed by atoms with Crippen molar-refractivity contribution in [2.75, 3.05) is 14.1 Å². The lowest BCUT2D eigenvalue weighted by molar-refractivity contribution is -0.145. The number of carbonyl (C=O) groups excluding carboxylic acids is 1. The number of terminal acetylenes is 1. The van der Waals surface area contributed by atoms with Crippen molar-refractivity contribution < 1.29 is 14.6 Å². The van der Waals surface area contributed by atoms with E-state index in [0.29, 0.717) is 23.2 Å². The van der Waals surface area contributed by atoms with E-state index >= 15 is 0 Å². The molecule has 0 aromatic heterocycles. The zero-order chi connectivity index (χ0) is 20.3. The van der Waals surface area contributed by atoms with Crippen LogP contribution in [0.15, 0.2) is 0 Å². The molecule has 4 saturated carbocycles. The van der Waals surface area contributed by atoms with Crippen molar-refractivity contribution in [3.05, 3.63) is 0 Å². The van der Waals surface area contributed by atoms with Crippen LogP contribution in [0.1, 0.15) is 71.6 Å². The van der Waals surface area contributed by atoms with E-state index in [2.05, 4.69) is 19.8 Å². The summed E-state index contributed by atoms with van der Waals surface area (Å²) < 4.78 is 5.74. The van der Waals surface area contributed by atoms with E-state index in [1.165, 1.54) is 24.2 Å². The van der Waals surface area contributed by atoms with Crippen LogP contribution in [0.3, 0.4) is 0 Å². The molecule has 0 heterocycles. The fraction of sp³-hybridized carbons (Fsp3) is 0.875. The molecule has 0 aromatic carbocycles. The smallest absolute Gasteiger partial charge is 0.409 e. The van der Waals surface area contributed by atoms with Gasteiger partial charge in [0.15, 0.2) is 0 Å². The first-order valence-electron chi connectivity index (χ1n) is 11.2. The van der Waals surface area contributed by atoms with Gasteiger partial charge in [0.2, 0.25) is 0 Å². The van der Waals surface area contributed by atoms with Crippen molar-refractivity contribution in [1.29, 1.82) is 0 Å². The van der Waals surface area contributed by atoms with E-state index in [0.717, 1.165) is 44.4 Å². The van der Waals surface area contributed by atoms with Crippen LogP contribution in [-0.4, -0.2) is 41.9 Å². The summed E-state index contributed by atoms with van der Waals surface area (Å²) in [5.41, 5.74) is -0.703. The lowest BCUT2D eigenvalue weighted by Crippen LogP contribution is -2.56. The highest BCUT2D eigenvalue weighted by molar-refractivity contribution is 5.66. The first-order chi connectivity index (χ1) is 13.1. The quantitative estimate of drug-likeness (QED) is 0.676. The van der Waals surface area contributed by atoms with Crippen LogP contribution in [0.25, 0.3) is 0 Å². The number of nitrogens with zero attached hydrogens (tertiary/aromatic N) is 1. The molecule has 4 rings (SSSR count). The fourth-order valence-electron chi connectivity index (χ4n) is 7.83. The lowest BCUT2D eigenvalue weighted by Gasteiger charge is -2.61. The maximum atomic E-state index is 12.0. The number of amides is 1. The molecule has 0 aliphatic heterocycles. The SMILES string of the molecule is C#C[C@]1(O)CC[C@H]2[C@@H]3CC[C@H]4C[C@H](OC(=O)N(C)C)CC[C@]4(C)[C@H]3CC[C@@]21C. The summed E-state index contributed by atoms with van der Waals surface area (Å²) in [6, 6.07) is 0. The molecule has 0 spiro atoms. The maximum Gasteiger partial charge on any atom is 0.409 e. The summed E-state index contributed by atoms with van der Waals surface area (Å²) in [5, 5.41) is 11.1. The molecule has 4 aliphatic carbocycles. The minimum absolute atomic E-state index is 0.0661. The Bertz CT molecular complexity index is 684. The number of ether oxygens (including phenoxy) is 1. The predicted molar refractivity (Wildman–Crippen MR) is 109 cm³/mol. The van der Waals surface area contributed by atoms with E-state index in [-0.39, 0.29) is 17.6 Å². The monoisotopic (exact) mass is 387 g/mol. The molecule has 156 valence electrons. The lowest BCUT2D eigenvalue weighted by atomic mass is 9.44. The highest BCUT2D eigenvalue weighted by Gasteiger charge is 2.64. The van der Waals surface area contributed by atoms with Crippen LogP contribution in [0, 0.1) is 46.8 Å². The standard InChI is InChI=1S/C24H37NO3/c1-6-24(27)14-11-20-18-8-7-16-15-17(28-21(26)25(4)5)9-12-22(16,2)19(18)10-13-23(20,24)3/h1,16-20,27H,7-15H2,2-5H3/t16-,17+,18+,19-,20-,22-,23-,24-/m0/s1. The molecule has 8 atom stereocenters. The summed E-state index contributed by atoms with van der Waals surface area (Å²) in [6.45, 7) is 4.76. The molecule has 28 heavy (non-hydrogen) atoms. The van der Waals surface area contributed by atoms with Crippen LogP contribution in [-0.2, 0) is 4.74 Å². The maximum absolute atomic E-state index is 12.0. The molecule has 0 aromatic rings. The second-order valence-corrected chi connectivity index (χ2v) is 10.8. The summed E-state index contributed by atoms with van der Waals surface area (Å²) >= 11 is 0. The average Bonchev–Trinajstić information content (AvgIpc) is 2.93. The van der Waals surface area contributed by atoms with Crippen LogP contribution in [0.5, 0.6) is 0 Å². The van der Waals surface area contributed by atoms with Gasteiger partial charge in [0.25, 0.3) is 0 Å². The molecule has 0 unspecified atom stereocenters. The molecule has 4 aliphatic rings. The second-order valence-electron chi connectivity index (χ2n) is 10.8. The summed E-state index contributed by atoms with van der Waals surface area (Å²) in [7, 11) is 3.50. The third-order valence-corrected chi connectivity index (χ3v) is 9.64. The van der Waals surface area contributed by atoms with Gasteiger partial charge < -0.3 is 14.7 Å². The number of aliphatic hydroxyl groups is 1. The largest absolute Gasteiger partial charge is 0.446 e. The van der Waals surface area contributed by atoms with E-state index < -0.39 is 5.60 Å². The van der Waals surface area contributed by atoms with Crippen molar-refractivity contribution in [3.8, 4) is 12.3 Å². The Hall–Kier alpha value is -1.21. The van der Waals surface area contributed by atoms with E-state index in [1.54, 1.807) is 14.1 Å². The van der Waals surface area contributed by atoms with Crippen molar-refractivity contribution in [1.82, 2.24) is 4.90 Å². The Morgan fingerprint density at radius 3 is 2.46 bits per heavy atom. The summed E-state index contributed by atoms with van der Waals surface area (Å²) in [4.78, 5) is 13.5. The van der Waals surface area contributed by atoms with Crippen LogP contribution in [0.4, 0.5) is 4.79 Å². The fourth-order valence-corrected chi connectivity index (χ4v) is 7.83. The van der Waals surface area contributed by atoms with Gasteiger partial charge in [-0.25, -0.2) is 4.79 Å². The number of hydrogen-bond donors (Lipinski definition) is 1. The van der Waals surface area contributed by atoms with E-state index in [9.17, 15) is 9.90 Å². The van der Waals surface area contributed by atoms with Gasteiger partial charge in [-0.2, -0.15) is 0 Å². The molecule has 4 nitrogen and oxygen atoms in total. The third kappa shape index (κ3) is 2.72. The highest BCUT2D eigenvalue weighted by Crippen LogP contribution is 2.68. The Morgan fingerprint density at radius 2 is 1.79 bits per heavy atom. The van der Waals surface area contributed by atoms with Gasteiger partial charge in [-0.3, -0.25) is 0 Å². The molecule has 4 fully saturated rings. The normalized spacial score (nSPS) is 49.9. The van der Waals surface area contributed by atoms with Crippen molar-refractivity contribution >= 4 is 6.09 Å². The molecular formula is C24H37NO3. The topological polar surface area (TPSA) is 49.8 Å². The number of hydrogen-bond acceptors (Lipinski definition) is 3. The van der Waals surface area contributed by atoms with Crippen molar-refractivity contribution in [3.63, 3.8) is 0 Å². The minimum Gasteiger partial charge on any atom is -0.446 e. The van der Waals surface area contributed by atoms with Crippen molar-refractivity contribution in [2.45, 2.75) is 83.3 Å². The summed E-state index contributed by atoms with van der Waals surface area (Å²) in [6.07, 6.45) is 15.3. The third-order valence-electron chi connectivity index (χ3n) is 9.64. The summed E-state index contributed by atoms with van der Waals surface area (Å²) in [5.74, 6) is 5.37. The highest BCUT2D eigenvalue weighted by atomic mass is 16.6. The van der Waals surface area contributed by atoms with Gasteiger partial charge >= 0.3 is 6.09 Å². The number of rotatable bonds is 1. The van der Waals surface area contributed by atoms with Gasteiger partial charge in [0, 0.05) is 19.5 Å². The number of fused-ring (bicyclic) bond motifs is 5. The number of carbonyl (C=O) groups is 1. The van der Waals surface area contributed by atoms with Crippen LogP contribution < -0.4 is 0 Å². The molecule has 4 heteroatoms. The predicted octanol–water partition coefficient (Wildman–Crippen LogP) is 4.46. The molecule has 1 N–H and O–H groups in total. The Morgan fingerprint density at radius 1 is 1.07 bits per heavy atom. The van der Waals surface area contributed by atoms with E-state index in [4.69, 9.17) is 11.2 Å². The Labute approximate surface area is 170 Å². The minimum atomic E-state index is -0.918. The average molecular weight is 388 g/mol. The first-order valence-corrected chi connectivity index (χ1v) is 11.2. The first kappa shape index (κ1) is 20.1. The zero-order valence-corrected chi connectivity index (χ0v) is 18.0. The Kier molecular flexibility index (Phi) is 4.77. The van der Waals surface area contributed by atoms with E-state index in [1.807, 2.05) is 0 Å². The van der Waals surface area contributed by atoms with Gasteiger partial charge in [-0.1, -0.05) is 19.8 Å². The van der Waals surface area contributed by atoms with Gasteiger partial charge in [-0.15, -0.1) is 6.42 Å². The van der Waals surface area contributed by atoms with Crippen LogP contribution in [0.2, 0.25) is 0 Å². The van der Waals surface area contributed by atoms with Gasteiger partial charge in [0.05, 0.1) is 0 Å². The Balaban J connectivity index is 1.51. The molecular weight excluding hydrogens is 350 g/mol. The molecule has 0 bridgehead atoms. The zero-order valence-electron chi connectivity index (χ0n) is 18.0. The second kappa shape index (κ2) is 6.66. The molecule has 0 radical (unpaired) electrons. The van der Waals surface area contributed by atoms with Crippen molar-refractivity contribution in [2.24, 2.45) is 34.5 Å².